The molecule has 0 aromatic heterocycles. The van der Waals surface area contributed by atoms with Crippen molar-refractivity contribution in [3.8, 4) is 0 Å². The van der Waals surface area contributed by atoms with Gasteiger partial charge >= 0.3 is 12.1 Å². The van der Waals surface area contributed by atoms with E-state index in [0.717, 1.165) is 10.5 Å². The SMILES string of the molecule is CC(C)(C)OC(=O)N[C@H](Cc1ccc(Cl)cc1)C(=O)N1C[C@H](O)C[C@H]1C(=O)O. The van der Waals surface area contributed by atoms with Crippen LogP contribution in [0, 0.1) is 0 Å². The molecule has 1 aliphatic heterocycles. The Balaban J connectivity index is 2.23. The maximum absolute atomic E-state index is 13.0. The van der Waals surface area contributed by atoms with E-state index in [4.69, 9.17) is 16.3 Å². The molecule has 0 spiro atoms. The van der Waals surface area contributed by atoms with Crippen molar-refractivity contribution in [1.82, 2.24) is 10.2 Å². The van der Waals surface area contributed by atoms with Crippen molar-refractivity contribution in [2.75, 3.05) is 6.54 Å². The van der Waals surface area contributed by atoms with Crippen molar-refractivity contribution in [1.29, 1.82) is 0 Å². The normalized spacial score (nSPS) is 20.5. The Morgan fingerprint density at radius 1 is 1.29 bits per heavy atom. The van der Waals surface area contributed by atoms with Gasteiger partial charge in [-0.15, -0.1) is 0 Å². The fraction of sp³-hybridized carbons (Fsp3) is 0.526. The Morgan fingerprint density at radius 3 is 2.43 bits per heavy atom. The molecule has 8 nitrogen and oxygen atoms in total. The number of alkyl carbamates (subject to hydrolysis) is 1. The fourth-order valence-corrected chi connectivity index (χ4v) is 3.12. The molecule has 1 saturated heterocycles. The third kappa shape index (κ3) is 6.10. The number of halogens is 1. The topological polar surface area (TPSA) is 116 Å². The summed E-state index contributed by atoms with van der Waals surface area (Å²) in [6, 6.07) is 4.55. The highest BCUT2D eigenvalue weighted by molar-refractivity contribution is 6.30. The summed E-state index contributed by atoms with van der Waals surface area (Å²) in [6.45, 7) is 4.97. The molecule has 0 bridgehead atoms. The van der Waals surface area contributed by atoms with Crippen LogP contribution in [0.4, 0.5) is 4.79 Å². The molecule has 3 N–H and O–H groups in total. The highest BCUT2D eigenvalue weighted by Crippen LogP contribution is 2.21. The number of aliphatic hydroxyl groups is 1. The van der Waals surface area contributed by atoms with Crippen LogP contribution in [-0.2, 0) is 20.7 Å². The number of carbonyl (C=O) groups excluding carboxylic acids is 2. The number of amides is 2. The van der Waals surface area contributed by atoms with Gasteiger partial charge in [0.25, 0.3) is 0 Å². The summed E-state index contributed by atoms with van der Waals surface area (Å²) in [4.78, 5) is 37.8. The van der Waals surface area contributed by atoms with Crippen LogP contribution in [-0.4, -0.2) is 63.4 Å². The number of β-amino-alcohol motifs (C(OH)–C–C–N with tert-alkyl or cyclic N) is 1. The van der Waals surface area contributed by atoms with Gasteiger partial charge in [-0.1, -0.05) is 23.7 Å². The van der Waals surface area contributed by atoms with E-state index >= 15 is 0 Å². The summed E-state index contributed by atoms with van der Waals surface area (Å²) in [6.07, 6.45) is -1.65. The van der Waals surface area contributed by atoms with Gasteiger partial charge in [-0.3, -0.25) is 4.79 Å². The van der Waals surface area contributed by atoms with E-state index in [9.17, 15) is 24.6 Å². The Labute approximate surface area is 168 Å². The van der Waals surface area contributed by atoms with Gasteiger partial charge < -0.3 is 25.2 Å². The number of nitrogens with one attached hydrogen (secondary N) is 1. The predicted octanol–water partition coefficient (Wildman–Crippen LogP) is 1.82. The van der Waals surface area contributed by atoms with Gasteiger partial charge in [0.2, 0.25) is 5.91 Å². The molecular formula is C19H25ClN2O6. The number of aliphatic carboxylic acids is 1. The summed E-state index contributed by atoms with van der Waals surface area (Å²) in [5.74, 6) is -1.79. The molecule has 1 aromatic carbocycles. The average Bonchev–Trinajstić information content (AvgIpc) is 2.96. The first kappa shape index (κ1) is 22.0. The second kappa shape index (κ2) is 8.79. The van der Waals surface area contributed by atoms with Crippen LogP contribution in [0.1, 0.15) is 32.8 Å². The third-order valence-corrected chi connectivity index (χ3v) is 4.44. The van der Waals surface area contributed by atoms with Crippen molar-refractivity contribution in [3.05, 3.63) is 34.9 Å². The van der Waals surface area contributed by atoms with E-state index in [0.29, 0.717) is 5.02 Å². The van der Waals surface area contributed by atoms with Crippen LogP contribution >= 0.6 is 11.6 Å². The van der Waals surface area contributed by atoms with Crippen molar-refractivity contribution in [2.24, 2.45) is 0 Å². The number of carboxylic acid groups (broad SMARTS) is 1. The van der Waals surface area contributed by atoms with Gasteiger partial charge in [-0.05, 0) is 38.5 Å². The highest BCUT2D eigenvalue weighted by atomic mass is 35.5. The van der Waals surface area contributed by atoms with E-state index < -0.39 is 41.8 Å². The first-order valence-corrected chi connectivity index (χ1v) is 9.29. The molecule has 1 aliphatic rings. The number of carboxylic acids is 1. The summed E-state index contributed by atoms with van der Waals surface area (Å²) in [5, 5.41) is 22.2. The number of likely N-dealkylation sites (tertiary alicyclic amines) is 1. The smallest absolute Gasteiger partial charge is 0.408 e. The highest BCUT2D eigenvalue weighted by Gasteiger charge is 2.41. The molecule has 0 saturated carbocycles. The number of aliphatic hydroxyl groups excluding tert-OH is 1. The van der Waals surface area contributed by atoms with Gasteiger partial charge in [0.05, 0.1) is 6.10 Å². The Bertz CT molecular complexity index is 731. The summed E-state index contributed by atoms with van der Waals surface area (Å²) < 4.78 is 5.23. The van der Waals surface area contributed by atoms with Crippen LogP contribution in [0.15, 0.2) is 24.3 Å². The van der Waals surface area contributed by atoms with Gasteiger partial charge in [0.1, 0.15) is 17.7 Å². The molecule has 28 heavy (non-hydrogen) atoms. The Hall–Kier alpha value is -2.32. The minimum Gasteiger partial charge on any atom is -0.480 e. The standard InChI is InChI=1S/C19H25ClN2O6/c1-19(2,3)28-18(27)21-14(8-11-4-6-12(20)7-5-11)16(24)22-10-13(23)9-15(22)17(25)26/h4-7,13-15,23H,8-10H2,1-3H3,(H,21,27)(H,25,26)/t13-,14-,15+/m1/s1. The number of ether oxygens (including phenoxy) is 1. The zero-order valence-electron chi connectivity index (χ0n) is 16.0. The minimum absolute atomic E-state index is 0.0544. The number of benzene rings is 1. The van der Waals surface area contributed by atoms with Crippen molar-refractivity contribution in [2.45, 2.75) is 57.4 Å². The number of hydrogen-bond acceptors (Lipinski definition) is 5. The lowest BCUT2D eigenvalue weighted by atomic mass is 10.0. The van der Waals surface area contributed by atoms with E-state index in [1.807, 2.05) is 0 Å². The van der Waals surface area contributed by atoms with Crippen molar-refractivity contribution >= 4 is 29.6 Å². The van der Waals surface area contributed by atoms with E-state index in [-0.39, 0.29) is 19.4 Å². The molecule has 154 valence electrons. The van der Waals surface area contributed by atoms with E-state index in [1.54, 1.807) is 45.0 Å². The second-order valence-corrected chi connectivity index (χ2v) is 8.20. The Kier molecular flexibility index (Phi) is 6.90. The lowest BCUT2D eigenvalue weighted by molar-refractivity contribution is -0.149. The lowest BCUT2D eigenvalue weighted by Gasteiger charge is -2.28. The zero-order valence-corrected chi connectivity index (χ0v) is 16.8. The lowest BCUT2D eigenvalue weighted by Crippen LogP contribution is -2.53. The monoisotopic (exact) mass is 412 g/mol. The third-order valence-electron chi connectivity index (χ3n) is 4.19. The molecule has 9 heteroatoms. The first-order valence-electron chi connectivity index (χ1n) is 8.91. The van der Waals surface area contributed by atoms with Gasteiger partial charge in [-0.2, -0.15) is 0 Å². The van der Waals surface area contributed by atoms with Crippen LogP contribution in [0.25, 0.3) is 0 Å². The van der Waals surface area contributed by atoms with Crippen molar-refractivity contribution in [3.63, 3.8) is 0 Å². The van der Waals surface area contributed by atoms with Crippen LogP contribution < -0.4 is 5.32 Å². The van der Waals surface area contributed by atoms with Crippen molar-refractivity contribution < 1.29 is 29.3 Å². The molecule has 2 amide bonds. The second-order valence-electron chi connectivity index (χ2n) is 7.76. The molecule has 2 rings (SSSR count). The largest absolute Gasteiger partial charge is 0.480 e. The molecule has 3 atom stereocenters. The molecule has 0 unspecified atom stereocenters. The van der Waals surface area contributed by atoms with Gasteiger partial charge in [0, 0.05) is 24.4 Å². The zero-order chi connectivity index (χ0) is 21.1. The molecule has 1 heterocycles. The number of rotatable bonds is 5. The van der Waals surface area contributed by atoms with Gasteiger partial charge in [0.15, 0.2) is 0 Å². The quantitative estimate of drug-likeness (QED) is 0.679. The molecule has 0 aliphatic carbocycles. The number of nitrogens with zero attached hydrogens (tertiary/aromatic N) is 1. The summed E-state index contributed by atoms with van der Waals surface area (Å²) in [5.41, 5.74) is -0.0313. The first-order chi connectivity index (χ1) is 13.0. The average molecular weight is 413 g/mol. The van der Waals surface area contributed by atoms with Gasteiger partial charge in [-0.25, -0.2) is 9.59 Å². The maximum atomic E-state index is 13.0. The maximum Gasteiger partial charge on any atom is 0.408 e. The minimum atomic E-state index is -1.20. The molecule has 1 fully saturated rings. The Morgan fingerprint density at radius 2 is 1.89 bits per heavy atom. The fourth-order valence-electron chi connectivity index (χ4n) is 3.00. The van der Waals surface area contributed by atoms with E-state index in [1.165, 1.54) is 0 Å². The summed E-state index contributed by atoms with van der Waals surface area (Å²) >= 11 is 5.88. The molecular weight excluding hydrogens is 388 g/mol. The van der Waals surface area contributed by atoms with Crippen LogP contribution in [0.5, 0.6) is 0 Å². The number of hydrogen-bond donors (Lipinski definition) is 3. The molecule has 0 radical (unpaired) electrons. The van der Waals surface area contributed by atoms with Crippen LogP contribution in [0.2, 0.25) is 5.02 Å². The summed E-state index contributed by atoms with van der Waals surface area (Å²) in [7, 11) is 0. The molecule has 1 aromatic rings. The van der Waals surface area contributed by atoms with Crippen LogP contribution in [0.3, 0.4) is 0 Å². The predicted molar refractivity (Wildman–Crippen MR) is 102 cm³/mol. The number of carbonyl (C=O) groups is 3. The van der Waals surface area contributed by atoms with E-state index in [2.05, 4.69) is 5.32 Å².